The summed E-state index contributed by atoms with van der Waals surface area (Å²) in [6, 6.07) is 26.0. The van der Waals surface area contributed by atoms with Gasteiger partial charge in [0, 0.05) is 41.5 Å². The van der Waals surface area contributed by atoms with Gasteiger partial charge in [0.05, 0.1) is 11.6 Å². The number of ether oxygens (including phenoxy) is 1. The first-order chi connectivity index (χ1) is 19.6. The Bertz CT molecular complexity index is 1630. The van der Waals surface area contributed by atoms with Crippen molar-refractivity contribution in [2.75, 3.05) is 6.61 Å². The van der Waals surface area contributed by atoms with Gasteiger partial charge in [-0.15, -0.1) is 0 Å². The highest BCUT2D eigenvalue weighted by molar-refractivity contribution is 7.99. The van der Waals surface area contributed by atoms with E-state index < -0.39 is 6.09 Å². The van der Waals surface area contributed by atoms with Crippen molar-refractivity contribution < 1.29 is 14.6 Å². The molecule has 1 amide bonds. The summed E-state index contributed by atoms with van der Waals surface area (Å²) in [5, 5.41) is 13.9. The summed E-state index contributed by atoms with van der Waals surface area (Å²) in [5.41, 5.74) is 8.11. The summed E-state index contributed by atoms with van der Waals surface area (Å²) in [5.74, 6) is -0.0170. The first-order valence-corrected chi connectivity index (χ1v) is 14.1. The molecule has 0 saturated carbocycles. The fraction of sp³-hybridized carbons (Fsp3) is 0.125. The zero-order valence-corrected chi connectivity index (χ0v) is 23.0. The van der Waals surface area contributed by atoms with Crippen LogP contribution in [-0.2, 0) is 17.9 Å². The van der Waals surface area contributed by atoms with Crippen molar-refractivity contribution in [3.63, 3.8) is 0 Å². The van der Waals surface area contributed by atoms with Gasteiger partial charge in [-0.25, -0.2) is 9.78 Å². The molecule has 0 bridgehead atoms. The lowest BCUT2D eigenvalue weighted by Crippen LogP contribution is -2.26. The van der Waals surface area contributed by atoms with E-state index in [9.17, 15) is 9.90 Å². The van der Waals surface area contributed by atoms with Crippen molar-refractivity contribution in [2.45, 2.75) is 29.0 Å². The summed E-state index contributed by atoms with van der Waals surface area (Å²) >= 11 is 8.15. The molecule has 2 heterocycles. The molecule has 8 heteroatoms. The number of fused-ring (bicyclic) bond motifs is 3. The van der Waals surface area contributed by atoms with E-state index in [1.54, 1.807) is 12.3 Å². The van der Waals surface area contributed by atoms with Crippen LogP contribution in [0, 0.1) is 0 Å². The SMILES string of the molecule is O=C(NCc1cc(-c2cc[nH]c2)cc(Cl)c1Sc1ncccc1CO)OCC1c2ccccc2-c2ccccc21. The molecule has 0 fully saturated rings. The average Bonchev–Trinajstić information content (AvgIpc) is 3.64. The molecule has 0 unspecified atom stereocenters. The molecule has 0 atom stereocenters. The maximum Gasteiger partial charge on any atom is 0.407 e. The Morgan fingerprint density at radius 3 is 2.42 bits per heavy atom. The number of carbonyl (C=O) groups is 1. The predicted octanol–water partition coefficient (Wildman–Crippen LogP) is 7.41. The number of rotatable bonds is 8. The number of alkyl carbamates (subject to hydrolysis) is 1. The van der Waals surface area contributed by atoms with Crippen LogP contribution in [0.2, 0.25) is 5.02 Å². The van der Waals surface area contributed by atoms with E-state index in [1.165, 1.54) is 22.9 Å². The van der Waals surface area contributed by atoms with Crippen LogP contribution in [-0.4, -0.2) is 27.8 Å². The van der Waals surface area contributed by atoms with E-state index in [4.69, 9.17) is 16.3 Å². The van der Waals surface area contributed by atoms with Crippen LogP contribution < -0.4 is 5.32 Å². The molecular formula is C32H26ClN3O3S. The molecule has 200 valence electrons. The van der Waals surface area contributed by atoms with Crippen LogP contribution in [0.15, 0.2) is 107 Å². The van der Waals surface area contributed by atoms with Gasteiger partial charge in [-0.2, -0.15) is 0 Å². The second-order valence-corrected chi connectivity index (χ2v) is 10.9. The largest absolute Gasteiger partial charge is 0.449 e. The van der Waals surface area contributed by atoms with Crippen molar-refractivity contribution in [1.82, 2.24) is 15.3 Å². The molecular weight excluding hydrogens is 542 g/mol. The Balaban J connectivity index is 1.21. The summed E-state index contributed by atoms with van der Waals surface area (Å²) in [7, 11) is 0. The summed E-state index contributed by atoms with van der Waals surface area (Å²) in [6.45, 7) is 0.306. The fourth-order valence-electron chi connectivity index (χ4n) is 5.12. The number of hydrogen-bond donors (Lipinski definition) is 3. The van der Waals surface area contributed by atoms with Gasteiger partial charge in [-0.1, -0.05) is 78.0 Å². The molecule has 0 spiro atoms. The summed E-state index contributed by atoms with van der Waals surface area (Å²) in [6.07, 6.45) is 4.92. The van der Waals surface area contributed by atoms with Gasteiger partial charge in [0.15, 0.2) is 0 Å². The number of aliphatic hydroxyl groups excluding tert-OH is 1. The first-order valence-electron chi connectivity index (χ1n) is 12.9. The molecule has 5 aromatic rings. The quantitative estimate of drug-likeness (QED) is 0.182. The maximum atomic E-state index is 12.9. The number of halogens is 1. The zero-order valence-electron chi connectivity index (χ0n) is 21.4. The minimum atomic E-state index is -0.505. The number of aromatic nitrogens is 2. The van der Waals surface area contributed by atoms with E-state index in [0.29, 0.717) is 15.6 Å². The first kappa shape index (κ1) is 26.2. The van der Waals surface area contributed by atoms with Crippen LogP contribution in [0.4, 0.5) is 4.79 Å². The van der Waals surface area contributed by atoms with E-state index in [1.807, 2.05) is 60.9 Å². The third-order valence-corrected chi connectivity index (χ3v) is 8.70. The Morgan fingerprint density at radius 1 is 0.975 bits per heavy atom. The Hall–Kier alpha value is -4.04. The molecule has 0 aliphatic heterocycles. The number of aliphatic hydroxyl groups is 1. The number of pyridine rings is 1. The molecule has 1 aliphatic rings. The second-order valence-electron chi connectivity index (χ2n) is 9.45. The summed E-state index contributed by atoms with van der Waals surface area (Å²) in [4.78, 5) is 21.2. The highest BCUT2D eigenvalue weighted by atomic mass is 35.5. The zero-order chi connectivity index (χ0) is 27.5. The lowest BCUT2D eigenvalue weighted by atomic mass is 9.98. The van der Waals surface area contributed by atoms with Crippen LogP contribution in [0.5, 0.6) is 0 Å². The van der Waals surface area contributed by atoms with E-state index in [-0.39, 0.29) is 25.7 Å². The molecule has 1 aliphatic carbocycles. The van der Waals surface area contributed by atoms with Crippen molar-refractivity contribution in [1.29, 1.82) is 0 Å². The Morgan fingerprint density at radius 2 is 1.73 bits per heavy atom. The van der Waals surface area contributed by atoms with Crippen molar-refractivity contribution >= 4 is 29.5 Å². The standard InChI is InChI=1S/C32H26ClN3O3S/c33-29-15-22(20-11-13-34-16-20)14-23(30(29)40-31-21(18-37)6-5-12-35-31)17-36-32(38)39-19-28-26-9-3-1-7-24(26)25-8-2-4-10-27(25)28/h1-16,28,34,37H,17-19H2,(H,36,38). The van der Waals surface area contributed by atoms with Gasteiger partial charge in [-0.05, 0) is 63.2 Å². The van der Waals surface area contributed by atoms with Gasteiger partial charge in [0.2, 0.25) is 0 Å². The predicted molar refractivity (Wildman–Crippen MR) is 157 cm³/mol. The molecule has 6 rings (SSSR count). The maximum absolute atomic E-state index is 12.9. The smallest absolute Gasteiger partial charge is 0.407 e. The van der Waals surface area contributed by atoms with Crippen molar-refractivity contribution in [3.05, 3.63) is 125 Å². The van der Waals surface area contributed by atoms with Crippen LogP contribution in [0.1, 0.15) is 28.2 Å². The monoisotopic (exact) mass is 567 g/mol. The third kappa shape index (κ3) is 5.23. The lowest BCUT2D eigenvalue weighted by molar-refractivity contribution is 0.142. The number of nitrogens with one attached hydrogen (secondary N) is 2. The normalized spacial score (nSPS) is 12.2. The third-order valence-electron chi connectivity index (χ3n) is 7.04. The van der Waals surface area contributed by atoms with E-state index in [0.717, 1.165) is 32.7 Å². The number of hydrogen-bond acceptors (Lipinski definition) is 5. The number of amides is 1. The van der Waals surface area contributed by atoms with Crippen LogP contribution >= 0.6 is 23.4 Å². The van der Waals surface area contributed by atoms with Gasteiger partial charge >= 0.3 is 6.09 Å². The number of benzene rings is 3. The van der Waals surface area contributed by atoms with Gasteiger partial charge < -0.3 is 20.1 Å². The van der Waals surface area contributed by atoms with Crippen molar-refractivity contribution in [3.8, 4) is 22.3 Å². The number of aromatic amines is 1. The number of H-pyrrole nitrogens is 1. The number of nitrogens with zero attached hydrogens (tertiary/aromatic N) is 1. The highest BCUT2D eigenvalue weighted by Crippen LogP contribution is 2.44. The molecule has 3 N–H and O–H groups in total. The van der Waals surface area contributed by atoms with Crippen LogP contribution in [0.3, 0.4) is 0 Å². The van der Waals surface area contributed by atoms with E-state index in [2.05, 4.69) is 39.6 Å². The van der Waals surface area contributed by atoms with Gasteiger partial charge in [0.1, 0.15) is 11.6 Å². The van der Waals surface area contributed by atoms with E-state index >= 15 is 0 Å². The van der Waals surface area contributed by atoms with Crippen molar-refractivity contribution in [2.24, 2.45) is 0 Å². The summed E-state index contributed by atoms with van der Waals surface area (Å²) < 4.78 is 5.75. The van der Waals surface area contributed by atoms with Gasteiger partial charge in [-0.3, -0.25) is 0 Å². The lowest BCUT2D eigenvalue weighted by Gasteiger charge is -2.17. The molecule has 2 aromatic heterocycles. The average molecular weight is 568 g/mol. The molecule has 3 aromatic carbocycles. The van der Waals surface area contributed by atoms with Crippen LogP contribution in [0.25, 0.3) is 22.3 Å². The minimum Gasteiger partial charge on any atom is -0.449 e. The van der Waals surface area contributed by atoms with Gasteiger partial charge in [0.25, 0.3) is 0 Å². The topological polar surface area (TPSA) is 87.2 Å². The molecule has 0 saturated heterocycles. The molecule has 40 heavy (non-hydrogen) atoms. The fourth-order valence-corrected chi connectivity index (χ4v) is 6.46. The Kier molecular flexibility index (Phi) is 7.60. The molecule has 6 nitrogen and oxygen atoms in total. The Labute approximate surface area is 241 Å². The molecule has 0 radical (unpaired) electrons. The second kappa shape index (κ2) is 11.6. The minimum absolute atomic E-state index is 0.0170. The number of carbonyl (C=O) groups excluding carboxylic acids is 1. The highest BCUT2D eigenvalue weighted by Gasteiger charge is 2.29.